The lowest BCUT2D eigenvalue weighted by Gasteiger charge is -2.27. The van der Waals surface area contributed by atoms with Gasteiger partial charge in [0.1, 0.15) is 22.7 Å². The molecule has 1 spiro atoms. The van der Waals surface area contributed by atoms with Crippen molar-refractivity contribution in [1.29, 1.82) is 0 Å². The van der Waals surface area contributed by atoms with Gasteiger partial charge in [-0.2, -0.15) is 0 Å². The first-order valence-electron chi connectivity index (χ1n) is 14.2. The molecule has 0 radical (unpaired) electrons. The van der Waals surface area contributed by atoms with Crippen LogP contribution in [0.4, 0.5) is 5.69 Å². The van der Waals surface area contributed by atoms with Crippen LogP contribution in [-0.4, -0.2) is 26.8 Å². The van der Waals surface area contributed by atoms with Crippen molar-refractivity contribution in [2.45, 2.75) is 44.9 Å². The number of hydrogen-bond acceptors (Lipinski definition) is 9. The van der Waals surface area contributed by atoms with Crippen molar-refractivity contribution < 1.29 is 15.3 Å². The number of halogens is 1. The summed E-state index contributed by atoms with van der Waals surface area (Å²) in [6.07, 6.45) is 8.73. The molecule has 11 heteroatoms. The summed E-state index contributed by atoms with van der Waals surface area (Å²) >= 11 is 2.04. The highest BCUT2D eigenvalue weighted by Gasteiger charge is 2.53. The number of rotatable bonds is 6. The van der Waals surface area contributed by atoms with Crippen molar-refractivity contribution in [3.8, 4) is 5.75 Å². The number of aromatic amines is 1. The number of pyridine rings is 1. The second kappa shape index (κ2) is 10.6. The molecule has 0 saturated carbocycles. The number of hydrogen-bond donors (Lipinski definition) is 5. The first-order valence-corrected chi connectivity index (χ1v) is 15.2. The van der Waals surface area contributed by atoms with Crippen molar-refractivity contribution in [3.05, 3.63) is 123 Å². The second-order valence-corrected chi connectivity index (χ2v) is 12.1. The van der Waals surface area contributed by atoms with E-state index in [1.54, 1.807) is 24.3 Å². The van der Waals surface area contributed by atoms with E-state index in [0.29, 0.717) is 33.2 Å². The molecular formula is C33H27IN2O8. The summed E-state index contributed by atoms with van der Waals surface area (Å²) in [6.45, 7) is 4.16. The van der Waals surface area contributed by atoms with Crippen molar-refractivity contribution in [1.82, 2.24) is 4.98 Å². The summed E-state index contributed by atoms with van der Waals surface area (Å²) < 4.78 is 0.590. The van der Waals surface area contributed by atoms with Gasteiger partial charge in [0.2, 0.25) is 16.3 Å². The molecule has 0 amide bonds. The van der Waals surface area contributed by atoms with Crippen LogP contribution in [0.5, 0.6) is 5.75 Å². The van der Waals surface area contributed by atoms with Gasteiger partial charge in [-0.1, -0.05) is 31.6 Å². The largest absolute Gasteiger partial charge is 0.510 e. The first-order chi connectivity index (χ1) is 21.0. The zero-order chi connectivity index (χ0) is 31.7. The Bertz CT molecular complexity index is 2470. The Kier molecular flexibility index (Phi) is 7.10. The monoisotopic (exact) mass is 706 g/mol. The molecule has 0 saturated heterocycles. The van der Waals surface area contributed by atoms with E-state index in [0.717, 1.165) is 12.5 Å². The van der Waals surface area contributed by atoms with Gasteiger partial charge in [0.25, 0.3) is 5.56 Å². The summed E-state index contributed by atoms with van der Waals surface area (Å²) in [6, 6.07) is 2.67. The summed E-state index contributed by atoms with van der Waals surface area (Å²) in [5.41, 5.74) is -5.50. The summed E-state index contributed by atoms with van der Waals surface area (Å²) in [5, 5.41) is 35.7. The predicted molar refractivity (Wildman–Crippen MR) is 177 cm³/mol. The topological polar surface area (TPSA) is 174 Å². The molecule has 4 aliphatic carbocycles. The Hall–Kier alpha value is -4.52. The van der Waals surface area contributed by atoms with Crippen LogP contribution < -0.4 is 43.0 Å². The Labute approximate surface area is 261 Å². The van der Waals surface area contributed by atoms with Crippen molar-refractivity contribution >= 4 is 56.6 Å². The lowest BCUT2D eigenvalue weighted by atomic mass is 9.78. The number of fused-ring (bicyclic) bond motifs is 4. The van der Waals surface area contributed by atoms with Crippen molar-refractivity contribution in [2.75, 3.05) is 11.9 Å². The number of unbranched alkanes of at least 4 members (excludes halogenated alkanes) is 1. The van der Waals surface area contributed by atoms with Crippen LogP contribution >= 0.6 is 22.6 Å². The van der Waals surface area contributed by atoms with Crippen molar-refractivity contribution in [3.63, 3.8) is 0 Å². The Morgan fingerprint density at radius 2 is 1.64 bits per heavy atom. The molecule has 44 heavy (non-hydrogen) atoms. The van der Waals surface area contributed by atoms with E-state index in [1.165, 1.54) is 0 Å². The van der Waals surface area contributed by atoms with Gasteiger partial charge in [0, 0.05) is 32.8 Å². The van der Waals surface area contributed by atoms with E-state index < -0.39 is 70.8 Å². The lowest BCUT2D eigenvalue weighted by Crippen LogP contribution is -2.52. The highest BCUT2D eigenvalue weighted by molar-refractivity contribution is 14.1. The number of benzene rings is 1. The molecule has 1 atom stereocenters. The zero-order valence-corrected chi connectivity index (χ0v) is 25.9. The van der Waals surface area contributed by atoms with Crippen LogP contribution in [0.15, 0.2) is 54.3 Å². The number of aromatic hydroxyl groups is 1. The number of anilines is 1. The minimum absolute atomic E-state index is 0.00206. The smallest absolute Gasteiger partial charge is 0.260 e. The third-order valence-electron chi connectivity index (χ3n) is 8.62. The Morgan fingerprint density at radius 3 is 2.30 bits per heavy atom. The quantitative estimate of drug-likeness (QED) is 0.114. The van der Waals surface area contributed by atoms with Crippen LogP contribution in [0, 0.1) is 14.0 Å². The van der Waals surface area contributed by atoms with Crippen LogP contribution in [0.25, 0.3) is 28.4 Å². The third kappa shape index (κ3) is 3.87. The Morgan fingerprint density at radius 1 is 0.955 bits per heavy atom. The van der Waals surface area contributed by atoms with Gasteiger partial charge < -0.3 is 25.6 Å². The minimum Gasteiger partial charge on any atom is -0.510 e. The van der Waals surface area contributed by atoms with Gasteiger partial charge in [-0.05, 0) is 66.5 Å². The maximum absolute atomic E-state index is 13.9. The molecule has 0 fully saturated rings. The fourth-order valence-corrected chi connectivity index (χ4v) is 7.54. The summed E-state index contributed by atoms with van der Waals surface area (Å²) in [5.74, 6) is -1.93. The molecule has 1 aromatic heterocycles. The molecule has 0 bridgehead atoms. The number of nitrogens with one attached hydrogen (secondary N) is 2. The fourth-order valence-electron chi connectivity index (χ4n) is 6.58. The van der Waals surface area contributed by atoms with Crippen LogP contribution in [-0.2, 0) is 11.8 Å². The standard InChI is InChI=1S/C33H27IN2O8/c1-3-5-7-8-14-12-16-19(32(44)36-14)29(41)24-15(25(16)34)9-10-33(24)30(42)22-23(31(33)43)28(40)21-20(27(22)39)18(37)13-17(26(21)38)35-11-6-4-2/h3,5,7-8,12-13,35,41-43H,4,6,9-11H2,1-2H3,(H,36,44)/b5-3+,8-7+/t33-/m0/s1. The van der Waals surface area contributed by atoms with Crippen LogP contribution in [0.3, 0.4) is 0 Å². The second-order valence-electron chi connectivity index (χ2n) is 11.0. The molecule has 10 nitrogen and oxygen atoms in total. The number of aromatic nitrogens is 1. The molecule has 6 rings (SSSR count). The average Bonchev–Trinajstić information content (AvgIpc) is 3.50. The molecular weight excluding hydrogens is 679 g/mol. The van der Waals surface area contributed by atoms with Gasteiger partial charge in [-0.15, -0.1) is 0 Å². The highest BCUT2D eigenvalue weighted by Crippen LogP contribution is 2.55. The number of allylic oxidation sites excluding steroid dienone is 3. The van der Waals surface area contributed by atoms with E-state index in [4.69, 9.17) is 0 Å². The summed E-state index contributed by atoms with van der Waals surface area (Å²) in [4.78, 5) is 70.0. The highest BCUT2D eigenvalue weighted by atomic mass is 127. The summed E-state index contributed by atoms with van der Waals surface area (Å²) in [7, 11) is 0. The number of aliphatic hydroxyl groups excluding tert-OH is 2. The lowest BCUT2D eigenvalue weighted by molar-refractivity contribution is 0.362. The van der Waals surface area contributed by atoms with Gasteiger partial charge in [0.05, 0.1) is 31.9 Å². The van der Waals surface area contributed by atoms with E-state index in [2.05, 4.69) is 10.3 Å². The number of H-pyrrole nitrogens is 1. The van der Waals surface area contributed by atoms with Gasteiger partial charge in [-0.25, -0.2) is 0 Å². The zero-order valence-electron chi connectivity index (χ0n) is 23.8. The predicted octanol–water partition coefficient (Wildman–Crippen LogP) is 1.91. The van der Waals surface area contributed by atoms with Gasteiger partial charge >= 0.3 is 0 Å². The third-order valence-corrected chi connectivity index (χ3v) is 9.85. The van der Waals surface area contributed by atoms with E-state index in [-0.39, 0.29) is 29.5 Å². The van der Waals surface area contributed by atoms with Crippen LogP contribution in [0.2, 0.25) is 0 Å². The van der Waals surface area contributed by atoms with E-state index >= 15 is 0 Å². The molecule has 4 aliphatic rings. The Balaban J connectivity index is 1.71. The van der Waals surface area contributed by atoms with Gasteiger partial charge in [-0.3, -0.25) is 24.0 Å². The van der Waals surface area contributed by atoms with E-state index in [9.17, 15) is 39.3 Å². The molecule has 1 aromatic carbocycles. The molecule has 0 aliphatic heterocycles. The number of phenolic OH excluding ortho intramolecular Hbond substituents is 1. The molecule has 224 valence electrons. The number of phenols is 1. The maximum Gasteiger partial charge on any atom is 0.260 e. The molecule has 2 aromatic rings. The average molecular weight is 706 g/mol. The van der Waals surface area contributed by atoms with Crippen LogP contribution in [0.1, 0.15) is 49.9 Å². The molecule has 0 unspecified atom stereocenters. The molecule has 5 N–H and O–H groups in total. The first kappa shape index (κ1) is 29.5. The minimum atomic E-state index is -1.93. The van der Waals surface area contributed by atoms with Crippen molar-refractivity contribution in [2.24, 2.45) is 0 Å². The van der Waals surface area contributed by atoms with E-state index in [1.807, 2.05) is 42.5 Å². The van der Waals surface area contributed by atoms with Gasteiger partial charge in [0.15, 0.2) is 5.43 Å². The SMILES string of the molecule is C/C=C/C=C/c1cc2c(I)c3c(c(O)c2c(=O)[nH]1)[C@@]1(CC3)C(O)=c2c(=O)c3c(=O)cc(NCCCC)c(=O)c=3c(=O)c2=C1O. The number of aliphatic hydroxyl groups is 2. The molecule has 1 heterocycles. The normalized spacial score (nSPS) is 17.6. The fraction of sp³-hybridized carbons (Fsp3) is 0.242. The maximum atomic E-state index is 13.9.